The molecule has 1 saturated heterocycles. The maximum absolute atomic E-state index is 10.8. The van der Waals surface area contributed by atoms with Crippen LogP contribution in [0.25, 0.3) is 0 Å². The van der Waals surface area contributed by atoms with Crippen molar-refractivity contribution in [3.63, 3.8) is 0 Å². The first-order chi connectivity index (χ1) is 7.70. The molecule has 5 heteroatoms. The van der Waals surface area contributed by atoms with Gasteiger partial charge in [-0.15, -0.1) is 4.91 Å². The first-order valence-corrected chi connectivity index (χ1v) is 5.99. The van der Waals surface area contributed by atoms with Gasteiger partial charge in [0.05, 0.1) is 11.8 Å². The average molecular weight is 285 g/mol. The van der Waals surface area contributed by atoms with Crippen LogP contribution in [-0.2, 0) is 4.74 Å². The lowest BCUT2D eigenvalue weighted by molar-refractivity contribution is -0.0410. The second kappa shape index (κ2) is 4.93. The molecule has 1 atom stereocenters. The standard InChI is InChI=1S/C11H13BrN2O2/c1-7-4-8(12)5-10(11(7)14-15)13-6-9-2-3-16-9/h4-5,9,13H,2-3,6H2,1H3/t9-/m0/s1. The minimum atomic E-state index is 0.263. The highest BCUT2D eigenvalue weighted by Crippen LogP contribution is 2.32. The summed E-state index contributed by atoms with van der Waals surface area (Å²) in [5.74, 6) is 0. The topological polar surface area (TPSA) is 50.7 Å². The Hall–Kier alpha value is -0.940. The maximum atomic E-state index is 10.8. The number of anilines is 1. The molecular weight excluding hydrogens is 272 g/mol. The molecule has 0 radical (unpaired) electrons. The molecule has 1 aromatic rings. The number of hydrogen-bond acceptors (Lipinski definition) is 4. The minimum absolute atomic E-state index is 0.263. The molecule has 1 aliphatic heterocycles. The summed E-state index contributed by atoms with van der Waals surface area (Å²) in [5, 5.41) is 6.26. The Labute approximate surface area is 102 Å². The van der Waals surface area contributed by atoms with Crippen molar-refractivity contribution in [2.75, 3.05) is 18.5 Å². The van der Waals surface area contributed by atoms with E-state index < -0.39 is 0 Å². The lowest BCUT2D eigenvalue weighted by atomic mass is 10.1. The highest BCUT2D eigenvalue weighted by molar-refractivity contribution is 9.10. The predicted octanol–water partition coefficient (Wildman–Crippen LogP) is 3.36. The number of halogens is 1. The molecular formula is C11H13BrN2O2. The number of nitrogens with zero attached hydrogens (tertiary/aromatic N) is 1. The van der Waals surface area contributed by atoms with E-state index in [9.17, 15) is 4.91 Å². The SMILES string of the molecule is Cc1cc(Br)cc(NC[C@@H]2CCO2)c1N=O. The maximum Gasteiger partial charge on any atom is 0.134 e. The minimum Gasteiger partial charge on any atom is -0.381 e. The first-order valence-electron chi connectivity index (χ1n) is 5.19. The Bertz CT molecular complexity index is 405. The van der Waals surface area contributed by atoms with Crippen LogP contribution >= 0.6 is 15.9 Å². The molecule has 0 aliphatic carbocycles. The number of nitrogens with one attached hydrogen (secondary N) is 1. The molecule has 86 valence electrons. The van der Waals surface area contributed by atoms with Gasteiger partial charge in [-0.1, -0.05) is 15.9 Å². The third kappa shape index (κ3) is 2.41. The quantitative estimate of drug-likeness (QED) is 0.863. The van der Waals surface area contributed by atoms with E-state index in [0.29, 0.717) is 5.69 Å². The van der Waals surface area contributed by atoms with Crippen molar-refractivity contribution in [1.29, 1.82) is 0 Å². The fraction of sp³-hybridized carbons (Fsp3) is 0.455. The summed E-state index contributed by atoms with van der Waals surface area (Å²) < 4.78 is 6.24. The highest BCUT2D eigenvalue weighted by Gasteiger charge is 2.18. The van der Waals surface area contributed by atoms with Gasteiger partial charge in [0.15, 0.2) is 0 Å². The van der Waals surface area contributed by atoms with E-state index in [2.05, 4.69) is 26.4 Å². The summed E-state index contributed by atoms with van der Waals surface area (Å²) in [6.45, 7) is 3.42. The number of aryl methyl sites for hydroxylation is 1. The van der Waals surface area contributed by atoms with Gasteiger partial charge in [0.25, 0.3) is 0 Å². The number of rotatable bonds is 4. The van der Waals surface area contributed by atoms with Gasteiger partial charge in [0.1, 0.15) is 5.69 Å². The van der Waals surface area contributed by atoms with Gasteiger partial charge in [-0.25, -0.2) is 0 Å². The molecule has 0 amide bonds. The Morgan fingerprint density at radius 2 is 2.38 bits per heavy atom. The lowest BCUT2D eigenvalue weighted by Crippen LogP contribution is -2.33. The van der Waals surface area contributed by atoms with Crippen molar-refractivity contribution >= 4 is 27.3 Å². The van der Waals surface area contributed by atoms with Gasteiger partial charge in [-0.05, 0) is 36.2 Å². The monoisotopic (exact) mass is 284 g/mol. The molecule has 2 rings (SSSR count). The normalized spacial score (nSPS) is 19.0. The molecule has 0 saturated carbocycles. The van der Waals surface area contributed by atoms with Gasteiger partial charge in [-0.3, -0.25) is 0 Å². The molecule has 0 spiro atoms. The largest absolute Gasteiger partial charge is 0.381 e. The molecule has 16 heavy (non-hydrogen) atoms. The zero-order valence-corrected chi connectivity index (χ0v) is 10.6. The van der Waals surface area contributed by atoms with Crippen LogP contribution in [0.5, 0.6) is 0 Å². The summed E-state index contributed by atoms with van der Waals surface area (Å²) in [5.41, 5.74) is 2.10. The van der Waals surface area contributed by atoms with Gasteiger partial charge in [0.2, 0.25) is 0 Å². The van der Waals surface area contributed by atoms with E-state index in [1.54, 1.807) is 0 Å². The van der Waals surface area contributed by atoms with E-state index in [0.717, 1.165) is 35.3 Å². The summed E-state index contributed by atoms with van der Waals surface area (Å²) in [4.78, 5) is 10.8. The Balaban J connectivity index is 2.13. The van der Waals surface area contributed by atoms with Crippen molar-refractivity contribution in [3.8, 4) is 0 Å². The fourth-order valence-corrected chi connectivity index (χ4v) is 2.23. The van der Waals surface area contributed by atoms with Crippen LogP contribution in [0.3, 0.4) is 0 Å². The van der Waals surface area contributed by atoms with Crippen LogP contribution in [0.1, 0.15) is 12.0 Å². The van der Waals surface area contributed by atoms with E-state index in [1.807, 2.05) is 19.1 Å². The second-order valence-corrected chi connectivity index (χ2v) is 4.79. The molecule has 0 bridgehead atoms. The molecule has 1 aromatic carbocycles. The fourth-order valence-electron chi connectivity index (χ4n) is 1.66. The van der Waals surface area contributed by atoms with Crippen LogP contribution in [0.4, 0.5) is 11.4 Å². The van der Waals surface area contributed by atoms with E-state index >= 15 is 0 Å². The van der Waals surface area contributed by atoms with Gasteiger partial charge < -0.3 is 10.1 Å². The van der Waals surface area contributed by atoms with Gasteiger partial charge >= 0.3 is 0 Å². The van der Waals surface area contributed by atoms with E-state index in [-0.39, 0.29) is 6.10 Å². The molecule has 1 N–H and O–H groups in total. The number of nitroso groups, excluding NO2 is 1. The Morgan fingerprint density at radius 1 is 1.62 bits per heavy atom. The van der Waals surface area contributed by atoms with Crippen molar-refractivity contribution < 1.29 is 4.74 Å². The van der Waals surface area contributed by atoms with Crippen molar-refractivity contribution in [2.24, 2.45) is 5.18 Å². The molecule has 4 nitrogen and oxygen atoms in total. The highest BCUT2D eigenvalue weighted by atomic mass is 79.9. The smallest absolute Gasteiger partial charge is 0.134 e. The Morgan fingerprint density at radius 3 is 2.94 bits per heavy atom. The molecule has 0 unspecified atom stereocenters. The molecule has 1 aliphatic rings. The first kappa shape index (κ1) is 11.5. The Kier molecular flexibility index (Phi) is 3.56. The van der Waals surface area contributed by atoms with Crippen LogP contribution in [0, 0.1) is 11.8 Å². The predicted molar refractivity (Wildman–Crippen MR) is 67.2 cm³/mol. The third-order valence-electron chi connectivity index (χ3n) is 2.67. The van der Waals surface area contributed by atoms with Crippen LogP contribution in [-0.4, -0.2) is 19.3 Å². The zero-order chi connectivity index (χ0) is 11.5. The molecule has 1 fully saturated rings. The van der Waals surface area contributed by atoms with Crippen LogP contribution in [0.15, 0.2) is 21.8 Å². The van der Waals surface area contributed by atoms with Crippen molar-refractivity contribution in [3.05, 3.63) is 27.1 Å². The van der Waals surface area contributed by atoms with Crippen molar-refractivity contribution in [2.45, 2.75) is 19.4 Å². The van der Waals surface area contributed by atoms with Gasteiger partial charge in [0, 0.05) is 17.6 Å². The number of hydrogen-bond donors (Lipinski definition) is 1. The van der Waals surface area contributed by atoms with Crippen LogP contribution < -0.4 is 5.32 Å². The summed E-state index contributed by atoms with van der Waals surface area (Å²) in [6, 6.07) is 3.74. The van der Waals surface area contributed by atoms with E-state index in [1.165, 1.54) is 0 Å². The lowest BCUT2D eigenvalue weighted by Gasteiger charge is -2.27. The van der Waals surface area contributed by atoms with E-state index in [4.69, 9.17) is 4.74 Å². The summed E-state index contributed by atoms with van der Waals surface area (Å²) in [6.07, 6.45) is 1.34. The average Bonchev–Trinajstić information content (AvgIpc) is 2.14. The summed E-state index contributed by atoms with van der Waals surface area (Å²) >= 11 is 3.40. The second-order valence-electron chi connectivity index (χ2n) is 3.87. The van der Waals surface area contributed by atoms with Crippen molar-refractivity contribution in [1.82, 2.24) is 0 Å². The zero-order valence-electron chi connectivity index (χ0n) is 9.00. The molecule has 0 aromatic heterocycles. The third-order valence-corrected chi connectivity index (χ3v) is 3.13. The van der Waals surface area contributed by atoms with Crippen LogP contribution in [0.2, 0.25) is 0 Å². The number of benzene rings is 1. The molecule has 1 heterocycles. The van der Waals surface area contributed by atoms with Gasteiger partial charge in [-0.2, -0.15) is 0 Å². The number of ether oxygens (including phenoxy) is 1. The summed E-state index contributed by atoms with van der Waals surface area (Å²) in [7, 11) is 0.